The number of amides is 1. The minimum absolute atomic E-state index is 0.148. The van der Waals surface area contributed by atoms with Gasteiger partial charge < -0.3 is 4.90 Å². The van der Waals surface area contributed by atoms with E-state index < -0.39 is 0 Å². The van der Waals surface area contributed by atoms with E-state index in [4.69, 9.17) is 0 Å². The fourth-order valence-electron chi connectivity index (χ4n) is 3.19. The van der Waals surface area contributed by atoms with Crippen LogP contribution < -0.4 is 0 Å². The molecule has 1 fully saturated rings. The molecule has 0 radical (unpaired) electrons. The summed E-state index contributed by atoms with van der Waals surface area (Å²) in [6.45, 7) is 10.2. The van der Waals surface area contributed by atoms with Crippen molar-refractivity contribution in [3.05, 3.63) is 35.4 Å². The highest BCUT2D eigenvalue weighted by atomic mass is 16.2. The molecule has 0 saturated carbocycles. The Kier molecular flexibility index (Phi) is 4.71. The summed E-state index contributed by atoms with van der Waals surface area (Å²) in [4.78, 5) is 17.0. The molecule has 130 valence electrons. The summed E-state index contributed by atoms with van der Waals surface area (Å²) >= 11 is 0. The van der Waals surface area contributed by atoms with Crippen LogP contribution in [0.25, 0.3) is 0 Å². The van der Waals surface area contributed by atoms with Crippen LogP contribution in [0.2, 0.25) is 0 Å². The van der Waals surface area contributed by atoms with Crippen molar-refractivity contribution < 1.29 is 4.79 Å². The minimum atomic E-state index is -0.245. The maximum absolute atomic E-state index is 12.7. The first kappa shape index (κ1) is 16.7. The lowest BCUT2D eigenvalue weighted by atomic mass is 10.2. The summed E-state index contributed by atoms with van der Waals surface area (Å²) in [7, 11) is 1.95. The topological polar surface area (TPSA) is 59.2 Å². The van der Waals surface area contributed by atoms with Crippen molar-refractivity contribution in [2.45, 2.75) is 33.4 Å². The van der Waals surface area contributed by atoms with Crippen LogP contribution in [0, 0.1) is 13.8 Å². The number of aryl methyl sites for hydroxylation is 3. The Hall–Kier alpha value is -2.15. The second kappa shape index (κ2) is 6.76. The van der Waals surface area contributed by atoms with Gasteiger partial charge in [0.05, 0.1) is 11.9 Å². The Morgan fingerprint density at radius 2 is 1.92 bits per heavy atom. The number of nitrogens with zero attached hydrogens (tertiary/aromatic N) is 6. The van der Waals surface area contributed by atoms with E-state index in [9.17, 15) is 4.79 Å². The summed E-state index contributed by atoms with van der Waals surface area (Å²) in [5.74, 6) is 0.148. The van der Waals surface area contributed by atoms with Crippen LogP contribution in [0.15, 0.2) is 18.6 Å². The lowest BCUT2D eigenvalue weighted by Crippen LogP contribution is -2.50. The normalized spacial score (nSPS) is 17.2. The van der Waals surface area contributed by atoms with Gasteiger partial charge in [-0.05, 0) is 26.3 Å². The Bertz CT molecular complexity index is 710. The van der Waals surface area contributed by atoms with Gasteiger partial charge in [-0.2, -0.15) is 10.2 Å². The zero-order valence-electron chi connectivity index (χ0n) is 14.9. The van der Waals surface area contributed by atoms with Crippen LogP contribution in [-0.2, 0) is 18.4 Å². The summed E-state index contributed by atoms with van der Waals surface area (Å²) in [6, 6.07) is -0.245. The molecule has 1 aliphatic heterocycles. The van der Waals surface area contributed by atoms with E-state index in [1.54, 1.807) is 10.9 Å². The zero-order valence-corrected chi connectivity index (χ0v) is 14.9. The quantitative estimate of drug-likeness (QED) is 0.843. The van der Waals surface area contributed by atoms with Gasteiger partial charge in [-0.1, -0.05) is 0 Å². The minimum Gasteiger partial charge on any atom is -0.338 e. The molecular formula is C17H26N6O. The summed E-state index contributed by atoms with van der Waals surface area (Å²) in [6.07, 6.45) is 5.79. The van der Waals surface area contributed by atoms with Crippen LogP contribution in [0.1, 0.15) is 29.8 Å². The molecule has 1 saturated heterocycles. The fraction of sp³-hybridized carbons (Fsp3) is 0.588. The molecule has 24 heavy (non-hydrogen) atoms. The largest absolute Gasteiger partial charge is 0.338 e. The van der Waals surface area contributed by atoms with E-state index in [-0.39, 0.29) is 11.9 Å². The van der Waals surface area contributed by atoms with Crippen molar-refractivity contribution in [1.82, 2.24) is 29.4 Å². The molecule has 2 aromatic heterocycles. The molecule has 1 amide bonds. The van der Waals surface area contributed by atoms with Gasteiger partial charge in [-0.25, -0.2) is 0 Å². The highest BCUT2D eigenvalue weighted by Gasteiger charge is 2.26. The van der Waals surface area contributed by atoms with Crippen molar-refractivity contribution in [2.24, 2.45) is 7.05 Å². The molecule has 2 aromatic rings. The zero-order chi connectivity index (χ0) is 17.3. The number of rotatable bonds is 4. The molecular weight excluding hydrogens is 304 g/mol. The lowest BCUT2D eigenvalue weighted by Gasteiger charge is -2.35. The number of hydrogen-bond donors (Lipinski definition) is 0. The van der Waals surface area contributed by atoms with E-state index in [0.717, 1.165) is 44.0 Å². The Morgan fingerprint density at radius 1 is 1.21 bits per heavy atom. The van der Waals surface area contributed by atoms with Crippen LogP contribution in [-0.4, -0.2) is 61.4 Å². The van der Waals surface area contributed by atoms with Crippen molar-refractivity contribution in [3.63, 3.8) is 0 Å². The molecule has 0 aromatic carbocycles. The van der Waals surface area contributed by atoms with Gasteiger partial charge in [0.15, 0.2) is 0 Å². The molecule has 1 unspecified atom stereocenters. The predicted molar refractivity (Wildman–Crippen MR) is 91.5 cm³/mol. The molecule has 0 aliphatic carbocycles. The number of piperazine rings is 1. The first-order valence-electron chi connectivity index (χ1n) is 8.45. The first-order valence-corrected chi connectivity index (χ1v) is 8.45. The van der Waals surface area contributed by atoms with E-state index in [1.165, 1.54) is 5.56 Å². The maximum Gasteiger partial charge on any atom is 0.247 e. The molecule has 1 aliphatic rings. The molecule has 7 nitrogen and oxygen atoms in total. The Labute approximate surface area is 142 Å². The van der Waals surface area contributed by atoms with E-state index in [0.29, 0.717) is 0 Å². The second-order valence-corrected chi connectivity index (χ2v) is 6.69. The number of carbonyl (C=O) groups is 1. The third kappa shape index (κ3) is 3.51. The number of hydrogen-bond acceptors (Lipinski definition) is 4. The van der Waals surface area contributed by atoms with Crippen LogP contribution in [0.5, 0.6) is 0 Å². The molecule has 0 spiro atoms. The van der Waals surface area contributed by atoms with Gasteiger partial charge in [0.25, 0.3) is 0 Å². The van der Waals surface area contributed by atoms with Crippen LogP contribution in [0.3, 0.4) is 0 Å². The molecule has 0 bridgehead atoms. The Morgan fingerprint density at radius 3 is 2.46 bits per heavy atom. The fourth-order valence-corrected chi connectivity index (χ4v) is 3.19. The van der Waals surface area contributed by atoms with Gasteiger partial charge in [-0.3, -0.25) is 19.1 Å². The summed E-state index contributed by atoms with van der Waals surface area (Å²) in [5.41, 5.74) is 3.42. The monoisotopic (exact) mass is 330 g/mol. The highest BCUT2D eigenvalue weighted by Crippen LogP contribution is 2.15. The average Bonchev–Trinajstić information content (AvgIpc) is 3.12. The van der Waals surface area contributed by atoms with Crippen molar-refractivity contribution in [2.75, 3.05) is 26.2 Å². The van der Waals surface area contributed by atoms with Gasteiger partial charge in [0, 0.05) is 57.7 Å². The van der Waals surface area contributed by atoms with Gasteiger partial charge in [0.1, 0.15) is 6.04 Å². The van der Waals surface area contributed by atoms with Crippen LogP contribution in [0.4, 0.5) is 0 Å². The second-order valence-electron chi connectivity index (χ2n) is 6.69. The number of carbonyl (C=O) groups excluding carboxylic acids is 1. The van der Waals surface area contributed by atoms with E-state index >= 15 is 0 Å². The van der Waals surface area contributed by atoms with Crippen molar-refractivity contribution in [3.8, 4) is 0 Å². The van der Waals surface area contributed by atoms with Crippen molar-refractivity contribution >= 4 is 5.91 Å². The highest BCUT2D eigenvalue weighted by molar-refractivity contribution is 5.80. The van der Waals surface area contributed by atoms with Crippen molar-refractivity contribution in [1.29, 1.82) is 0 Å². The molecule has 1 atom stereocenters. The number of aromatic nitrogens is 4. The summed E-state index contributed by atoms with van der Waals surface area (Å²) < 4.78 is 3.61. The first-order chi connectivity index (χ1) is 11.4. The van der Waals surface area contributed by atoms with Gasteiger partial charge in [-0.15, -0.1) is 0 Å². The SMILES string of the molecule is Cc1cnn(C(C)C(=O)N2CCN(Cc3cn(C)nc3C)CC2)c1. The lowest BCUT2D eigenvalue weighted by molar-refractivity contribution is -0.136. The van der Waals surface area contributed by atoms with Gasteiger partial charge in [0.2, 0.25) is 5.91 Å². The van der Waals surface area contributed by atoms with Crippen LogP contribution >= 0.6 is 0 Å². The standard InChI is InChI=1S/C17H26N6O/c1-13-9-18-23(10-13)15(3)17(24)22-7-5-21(6-8-22)12-16-11-20(4)19-14(16)2/h9-11,15H,5-8,12H2,1-4H3. The maximum atomic E-state index is 12.7. The molecule has 7 heteroatoms. The van der Waals surface area contributed by atoms with Gasteiger partial charge >= 0.3 is 0 Å². The smallest absolute Gasteiger partial charge is 0.247 e. The third-order valence-corrected chi connectivity index (χ3v) is 4.68. The molecule has 3 heterocycles. The molecule has 0 N–H and O–H groups in total. The van der Waals surface area contributed by atoms with E-state index in [2.05, 4.69) is 21.3 Å². The van der Waals surface area contributed by atoms with E-state index in [1.807, 2.05) is 43.6 Å². The Balaban J connectivity index is 1.54. The predicted octanol–water partition coefficient (Wildman–Crippen LogP) is 1.14. The average molecular weight is 330 g/mol. The third-order valence-electron chi connectivity index (χ3n) is 4.68. The summed E-state index contributed by atoms with van der Waals surface area (Å²) in [5, 5.41) is 8.66. The molecule has 3 rings (SSSR count).